The highest BCUT2D eigenvalue weighted by Gasteiger charge is 2.48. The summed E-state index contributed by atoms with van der Waals surface area (Å²) in [5, 5.41) is 11.8. The molecule has 288 valence electrons. The van der Waals surface area contributed by atoms with Gasteiger partial charge < -0.3 is 19.2 Å². The zero-order valence-corrected chi connectivity index (χ0v) is 33.0. The first-order chi connectivity index (χ1) is 25.6. The van der Waals surface area contributed by atoms with Crippen LogP contribution in [0, 0.1) is 29.3 Å². The van der Waals surface area contributed by atoms with Crippen molar-refractivity contribution in [1.82, 2.24) is 14.9 Å². The van der Waals surface area contributed by atoms with Gasteiger partial charge in [0.2, 0.25) is 0 Å². The van der Waals surface area contributed by atoms with Crippen molar-refractivity contribution in [3.63, 3.8) is 0 Å². The molecule has 3 aromatic carbocycles. The Kier molecular flexibility index (Phi) is 9.28. The van der Waals surface area contributed by atoms with Gasteiger partial charge in [0.05, 0.1) is 17.4 Å². The Morgan fingerprint density at radius 1 is 1.06 bits per heavy atom. The fourth-order valence-corrected chi connectivity index (χ4v) is 10.9. The van der Waals surface area contributed by atoms with Gasteiger partial charge in [-0.25, -0.2) is 17.6 Å². The average molecular weight is 763 g/mol. The van der Waals surface area contributed by atoms with E-state index in [2.05, 4.69) is 48.6 Å². The summed E-state index contributed by atoms with van der Waals surface area (Å²) in [7, 11) is -2.05. The summed E-state index contributed by atoms with van der Waals surface area (Å²) in [4.78, 5) is 13.8. The molecule has 54 heavy (non-hydrogen) atoms. The Labute approximate surface area is 315 Å². The normalized spacial score (nSPS) is 25.4. The molecule has 1 unspecified atom stereocenters. The molecule has 0 spiro atoms. The molecule has 4 aromatic rings. The van der Waals surface area contributed by atoms with E-state index in [-0.39, 0.29) is 58.3 Å². The number of rotatable bonds is 8. The third-order valence-electron chi connectivity index (χ3n) is 13.1. The predicted molar refractivity (Wildman–Crippen MR) is 207 cm³/mol. The minimum atomic E-state index is -2.05. The number of aromatic nitrogens is 2. The number of benzene rings is 3. The van der Waals surface area contributed by atoms with E-state index in [4.69, 9.17) is 14.1 Å². The van der Waals surface area contributed by atoms with Crippen LogP contribution in [-0.4, -0.2) is 72.7 Å². The number of nitrogens with zero attached hydrogens (tertiary/aromatic N) is 4. The van der Waals surface area contributed by atoms with Crippen molar-refractivity contribution >= 4 is 35.8 Å². The maximum absolute atomic E-state index is 17.3. The molecule has 4 fully saturated rings. The summed E-state index contributed by atoms with van der Waals surface area (Å²) < 4.78 is 76.1. The first kappa shape index (κ1) is 37.2. The van der Waals surface area contributed by atoms with Crippen molar-refractivity contribution in [2.75, 3.05) is 37.7 Å². The van der Waals surface area contributed by atoms with E-state index in [1.807, 2.05) is 0 Å². The number of aryl methyl sites for hydroxylation is 1. The predicted octanol–water partition coefficient (Wildman–Crippen LogP) is 9.84. The number of piperidine rings is 1. The lowest BCUT2D eigenvalue weighted by atomic mass is 9.91. The van der Waals surface area contributed by atoms with Gasteiger partial charge >= 0.3 is 6.01 Å². The van der Waals surface area contributed by atoms with Gasteiger partial charge in [-0.3, -0.25) is 4.90 Å². The third kappa shape index (κ3) is 6.26. The summed E-state index contributed by atoms with van der Waals surface area (Å²) in [5.74, 6) is -1.58. The van der Waals surface area contributed by atoms with Gasteiger partial charge in [0.15, 0.2) is 14.1 Å². The van der Waals surface area contributed by atoms with Crippen molar-refractivity contribution in [1.29, 1.82) is 0 Å². The van der Waals surface area contributed by atoms with E-state index in [1.165, 1.54) is 30.3 Å². The molecule has 4 atom stereocenters. The van der Waals surface area contributed by atoms with Crippen LogP contribution in [0.2, 0.25) is 18.1 Å². The Morgan fingerprint density at radius 3 is 2.59 bits per heavy atom. The number of anilines is 1. The number of aromatic hydroxyl groups is 1. The lowest BCUT2D eigenvalue weighted by Gasteiger charge is -2.40. The number of hydrogen-bond acceptors (Lipinski definition) is 7. The number of fused-ring (bicyclic) bond motifs is 5. The molecule has 4 heterocycles. The second-order valence-corrected chi connectivity index (χ2v) is 22.4. The first-order valence-electron chi connectivity index (χ1n) is 19.3. The van der Waals surface area contributed by atoms with E-state index < -0.39 is 36.9 Å². The van der Waals surface area contributed by atoms with Crippen molar-refractivity contribution in [3.8, 4) is 22.9 Å². The molecule has 3 saturated heterocycles. The highest BCUT2D eigenvalue weighted by atomic mass is 28.4. The van der Waals surface area contributed by atoms with Gasteiger partial charge in [-0.15, -0.1) is 0 Å². The SMILES string of the molecule is CCc1c(F)ccc2cc(O)cc(-c3c(F)cc4c(N5C[C@@H]6C[C@H](C5)[C@H](O[Si](C)(C)C(C)(C)C)C6)nc(OCC56CCCN5C/C(=C\F)C6)nc4c3F)c12. The van der Waals surface area contributed by atoms with Crippen molar-refractivity contribution in [2.45, 2.75) is 96.0 Å². The molecule has 4 aliphatic rings. The Hall–Kier alpha value is -3.74. The third-order valence-corrected chi connectivity index (χ3v) is 17.7. The Balaban J connectivity index is 1.24. The molecular formula is C42H50F4N4O3Si. The zero-order chi connectivity index (χ0) is 38.3. The van der Waals surface area contributed by atoms with Gasteiger partial charge in [0.25, 0.3) is 0 Å². The number of phenolic OH excluding ortho intramolecular Hbond substituents is 1. The van der Waals surface area contributed by atoms with Crippen LogP contribution in [0.4, 0.5) is 23.4 Å². The average Bonchev–Trinajstić information content (AvgIpc) is 3.75. The first-order valence-corrected chi connectivity index (χ1v) is 22.2. The number of ether oxygens (including phenoxy) is 1. The summed E-state index contributed by atoms with van der Waals surface area (Å²) in [5.41, 5.74) is 0.104. The lowest BCUT2D eigenvalue weighted by molar-refractivity contribution is 0.108. The summed E-state index contributed by atoms with van der Waals surface area (Å²) in [6.07, 6.45) is 5.28. The lowest BCUT2D eigenvalue weighted by Crippen LogP contribution is -2.46. The second-order valence-electron chi connectivity index (χ2n) is 17.6. The molecule has 1 aliphatic carbocycles. The van der Waals surface area contributed by atoms with Gasteiger partial charge in [-0.05, 0) is 121 Å². The van der Waals surface area contributed by atoms with Crippen LogP contribution in [0.15, 0.2) is 42.2 Å². The smallest absolute Gasteiger partial charge is 0.319 e. The fraction of sp³-hybridized carbons (Fsp3) is 0.524. The van der Waals surface area contributed by atoms with Crippen LogP contribution in [0.5, 0.6) is 11.8 Å². The molecular weight excluding hydrogens is 713 g/mol. The molecule has 1 saturated carbocycles. The van der Waals surface area contributed by atoms with Gasteiger partial charge in [0, 0.05) is 37.0 Å². The minimum absolute atomic E-state index is 0.0408. The summed E-state index contributed by atoms with van der Waals surface area (Å²) in [6, 6.07) is 6.77. The fourth-order valence-electron chi connectivity index (χ4n) is 9.49. The number of hydrogen-bond donors (Lipinski definition) is 1. The number of halogens is 4. The van der Waals surface area contributed by atoms with Gasteiger partial charge in [-0.2, -0.15) is 9.97 Å². The van der Waals surface area contributed by atoms with E-state index in [1.54, 1.807) is 6.92 Å². The molecule has 1 N–H and O–H groups in total. The molecule has 0 amide bonds. The van der Waals surface area contributed by atoms with E-state index in [0.717, 1.165) is 32.2 Å². The Bertz CT molecular complexity index is 2170. The maximum atomic E-state index is 17.3. The Morgan fingerprint density at radius 2 is 1.85 bits per heavy atom. The van der Waals surface area contributed by atoms with Crippen molar-refractivity contribution < 1.29 is 31.8 Å². The maximum Gasteiger partial charge on any atom is 0.319 e. The summed E-state index contributed by atoms with van der Waals surface area (Å²) in [6.45, 7) is 15.8. The molecule has 12 heteroatoms. The van der Waals surface area contributed by atoms with E-state index in [0.29, 0.717) is 66.0 Å². The van der Waals surface area contributed by atoms with Crippen LogP contribution in [-0.2, 0) is 10.8 Å². The van der Waals surface area contributed by atoms with Crippen LogP contribution in [0.3, 0.4) is 0 Å². The quantitative estimate of drug-likeness (QED) is 0.142. The zero-order valence-electron chi connectivity index (χ0n) is 32.0. The van der Waals surface area contributed by atoms with E-state index in [9.17, 15) is 9.50 Å². The molecule has 2 bridgehead atoms. The van der Waals surface area contributed by atoms with Crippen LogP contribution < -0.4 is 9.64 Å². The highest BCUT2D eigenvalue weighted by Crippen LogP contribution is 2.48. The van der Waals surface area contributed by atoms with Crippen molar-refractivity contribution in [3.05, 3.63) is 65.2 Å². The van der Waals surface area contributed by atoms with Gasteiger partial charge in [0.1, 0.15) is 35.3 Å². The van der Waals surface area contributed by atoms with Gasteiger partial charge in [-0.1, -0.05) is 33.8 Å². The highest BCUT2D eigenvalue weighted by molar-refractivity contribution is 6.74. The number of phenols is 1. The van der Waals surface area contributed by atoms with E-state index >= 15 is 13.2 Å². The molecule has 0 radical (unpaired) electrons. The van der Waals surface area contributed by atoms with Crippen LogP contribution in [0.1, 0.15) is 65.4 Å². The monoisotopic (exact) mass is 762 g/mol. The van der Waals surface area contributed by atoms with Crippen LogP contribution in [0.25, 0.3) is 32.8 Å². The largest absolute Gasteiger partial charge is 0.508 e. The summed E-state index contributed by atoms with van der Waals surface area (Å²) >= 11 is 0. The standard InChI is InChI=1S/C42H50F4N4O3Si/c1-7-29-32(44)10-9-26-15-28(51)16-30(35(26)29)36-33(45)17-31-38(37(36)46)47-40(52-23-42-11-8-12-50(42)21-25(18-42)19-43)48-39(31)49-20-24-13-27(22-49)34(14-24)53-54(5,6)41(2,3)4/h9-10,15-17,19,24,27,34,51H,7-8,11-14,18,20-23H2,1-6H3/b25-19-/t24-,27-,34-,42?/m1/s1. The van der Waals surface area contributed by atoms with Crippen molar-refractivity contribution in [2.24, 2.45) is 11.8 Å². The second kappa shape index (κ2) is 13.5. The topological polar surface area (TPSA) is 71.0 Å². The minimum Gasteiger partial charge on any atom is -0.508 e. The van der Waals surface area contributed by atoms with Crippen LogP contribution >= 0.6 is 0 Å². The molecule has 3 aliphatic heterocycles. The molecule has 8 rings (SSSR count). The molecule has 1 aromatic heterocycles. The molecule has 7 nitrogen and oxygen atoms in total.